The third-order valence-electron chi connectivity index (χ3n) is 3.25. The van der Waals surface area contributed by atoms with E-state index in [1.165, 1.54) is 18.2 Å². The van der Waals surface area contributed by atoms with Crippen LogP contribution in [-0.2, 0) is 0 Å². The fourth-order valence-corrected chi connectivity index (χ4v) is 2.16. The van der Waals surface area contributed by atoms with Crippen molar-refractivity contribution in [2.24, 2.45) is 5.92 Å². The summed E-state index contributed by atoms with van der Waals surface area (Å²) < 4.78 is 13.5. The number of hydrogen-bond acceptors (Lipinski definition) is 2. The Morgan fingerprint density at radius 2 is 2.28 bits per heavy atom. The first kappa shape index (κ1) is 13.3. The van der Waals surface area contributed by atoms with E-state index in [0.29, 0.717) is 0 Å². The Kier molecular flexibility index (Phi) is 3.59. The van der Waals surface area contributed by atoms with Crippen LogP contribution in [0.25, 0.3) is 0 Å². The number of rotatable bonds is 4. The number of carbonyl (C=O) groups excluding carboxylic acids is 1. The predicted molar refractivity (Wildman–Crippen MR) is 67.1 cm³/mol. The molecule has 1 atom stereocenters. The van der Waals surface area contributed by atoms with Gasteiger partial charge < -0.3 is 10.4 Å². The van der Waals surface area contributed by atoms with Crippen molar-refractivity contribution in [2.75, 3.05) is 6.54 Å². The summed E-state index contributed by atoms with van der Waals surface area (Å²) in [6.07, 6.45) is 1.92. The van der Waals surface area contributed by atoms with Gasteiger partial charge >= 0.3 is 0 Å². The van der Waals surface area contributed by atoms with Crippen LogP contribution in [0.5, 0.6) is 0 Å². The number of halogens is 2. The Balaban J connectivity index is 2.04. The van der Waals surface area contributed by atoms with E-state index in [9.17, 15) is 14.3 Å². The van der Waals surface area contributed by atoms with Crippen LogP contribution < -0.4 is 5.32 Å². The molecule has 1 amide bonds. The molecule has 1 fully saturated rings. The van der Waals surface area contributed by atoms with Crippen molar-refractivity contribution in [1.82, 2.24) is 5.32 Å². The van der Waals surface area contributed by atoms with Crippen LogP contribution in [0.15, 0.2) is 18.2 Å². The zero-order chi connectivity index (χ0) is 13.3. The molecule has 0 bridgehead atoms. The average molecular weight is 272 g/mol. The molecule has 2 N–H and O–H groups in total. The fraction of sp³-hybridized carbons (Fsp3) is 0.462. The molecule has 0 aliphatic heterocycles. The molecule has 1 saturated carbocycles. The van der Waals surface area contributed by atoms with Gasteiger partial charge in [0.15, 0.2) is 0 Å². The summed E-state index contributed by atoms with van der Waals surface area (Å²) in [7, 11) is 0. The van der Waals surface area contributed by atoms with E-state index in [0.717, 1.165) is 12.8 Å². The van der Waals surface area contributed by atoms with Crippen LogP contribution in [0, 0.1) is 11.7 Å². The van der Waals surface area contributed by atoms with Crippen molar-refractivity contribution >= 4 is 17.5 Å². The first-order valence-electron chi connectivity index (χ1n) is 5.86. The highest BCUT2D eigenvalue weighted by atomic mass is 35.5. The Hall–Kier alpha value is -1.13. The molecular formula is C13H15ClFNO2. The van der Waals surface area contributed by atoms with Crippen LogP contribution in [0.3, 0.4) is 0 Å². The monoisotopic (exact) mass is 271 g/mol. The molecular weight excluding hydrogens is 257 g/mol. The van der Waals surface area contributed by atoms with Gasteiger partial charge in [-0.2, -0.15) is 0 Å². The lowest BCUT2D eigenvalue weighted by Gasteiger charge is -2.23. The summed E-state index contributed by atoms with van der Waals surface area (Å²) in [5.74, 6) is -1.04. The lowest BCUT2D eigenvalue weighted by Crippen LogP contribution is -2.42. The lowest BCUT2D eigenvalue weighted by molar-refractivity contribution is 0.0353. The standard InChI is InChI=1S/C13H15ClFNO2/c1-13(18,8-5-6-8)7-16-12(17)11-9(14)3-2-4-10(11)15/h2-4,8,18H,5-7H2,1H3,(H,16,17)/t13-/m1/s1. The molecule has 0 aromatic heterocycles. The summed E-state index contributed by atoms with van der Waals surface area (Å²) in [6, 6.07) is 4.08. The molecule has 0 saturated heterocycles. The molecule has 0 heterocycles. The topological polar surface area (TPSA) is 49.3 Å². The SMILES string of the molecule is C[C@@](O)(CNC(=O)c1c(F)cccc1Cl)C1CC1. The zero-order valence-electron chi connectivity index (χ0n) is 10.0. The van der Waals surface area contributed by atoms with Gasteiger partial charge in [-0.15, -0.1) is 0 Å². The highest BCUT2D eigenvalue weighted by Gasteiger charge is 2.40. The van der Waals surface area contributed by atoms with Crippen molar-refractivity contribution in [2.45, 2.75) is 25.4 Å². The number of benzene rings is 1. The minimum Gasteiger partial charge on any atom is -0.388 e. The van der Waals surface area contributed by atoms with E-state index in [4.69, 9.17) is 11.6 Å². The average Bonchev–Trinajstić information content (AvgIpc) is 3.10. The molecule has 0 unspecified atom stereocenters. The first-order chi connectivity index (χ1) is 8.42. The summed E-state index contributed by atoms with van der Waals surface area (Å²) >= 11 is 5.79. The molecule has 1 aromatic rings. The van der Waals surface area contributed by atoms with Crippen molar-refractivity contribution in [3.63, 3.8) is 0 Å². The summed E-state index contributed by atoms with van der Waals surface area (Å²) in [6.45, 7) is 1.77. The highest BCUT2D eigenvalue weighted by molar-refractivity contribution is 6.33. The largest absolute Gasteiger partial charge is 0.388 e. The van der Waals surface area contributed by atoms with Gasteiger partial charge in [0.05, 0.1) is 16.2 Å². The number of hydrogen-bond donors (Lipinski definition) is 2. The predicted octanol–water partition coefficient (Wildman–Crippen LogP) is 2.37. The van der Waals surface area contributed by atoms with Crippen molar-refractivity contribution in [3.8, 4) is 0 Å². The van der Waals surface area contributed by atoms with E-state index >= 15 is 0 Å². The van der Waals surface area contributed by atoms with Gasteiger partial charge in [0, 0.05) is 6.54 Å². The van der Waals surface area contributed by atoms with Gasteiger partial charge in [0.2, 0.25) is 0 Å². The molecule has 5 heteroatoms. The van der Waals surface area contributed by atoms with E-state index < -0.39 is 17.3 Å². The maximum absolute atomic E-state index is 13.5. The van der Waals surface area contributed by atoms with Crippen LogP contribution in [0.1, 0.15) is 30.1 Å². The summed E-state index contributed by atoms with van der Waals surface area (Å²) in [4.78, 5) is 11.8. The van der Waals surface area contributed by atoms with Gasteiger partial charge in [0.25, 0.3) is 5.91 Å². The summed E-state index contributed by atoms with van der Waals surface area (Å²) in [5.41, 5.74) is -1.11. The maximum Gasteiger partial charge on any atom is 0.255 e. The minimum absolute atomic E-state index is 0.0681. The third kappa shape index (κ3) is 2.82. The third-order valence-corrected chi connectivity index (χ3v) is 3.57. The van der Waals surface area contributed by atoms with Gasteiger partial charge in [-0.25, -0.2) is 4.39 Å². The van der Waals surface area contributed by atoms with E-state index in [-0.39, 0.29) is 23.0 Å². The smallest absolute Gasteiger partial charge is 0.255 e. The maximum atomic E-state index is 13.5. The molecule has 1 aliphatic rings. The van der Waals surface area contributed by atoms with Gasteiger partial charge in [0.1, 0.15) is 5.82 Å². The second-order valence-corrected chi connectivity index (χ2v) is 5.32. The fourth-order valence-electron chi connectivity index (χ4n) is 1.91. The molecule has 1 aliphatic carbocycles. The normalized spacial score (nSPS) is 18.2. The Morgan fingerprint density at radius 3 is 2.83 bits per heavy atom. The quantitative estimate of drug-likeness (QED) is 0.883. The molecule has 0 spiro atoms. The van der Waals surface area contributed by atoms with E-state index in [2.05, 4.69) is 5.32 Å². The van der Waals surface area contributed by atoms with E-state index in [1.807, 2.05) is 0 Å². The number of aliphatic hydroxyl groups is 1. The Morgan fingerprint density at radius 1 is 1.61 bits per heavy atom. The second-order valence-electron chi connectivity index (χ2n) is 4.91. The molecule has 18 heavy (non-hydrogen) atoms. The first-order valence-corrected chi connectivity index (χ1v) is 6.24. The van der Waals surface area contributed by atoms with E-state index in [1.54, 1.807) is 6.92 Å². The van der Waals surface area contributed by atoms with Crippen molar-refractivity contribution in [3.05, 3.63) is 34.6 Å². The minimum atomic E-state index is -0.937. The van der Waals surface area contributed by atoms with Gasteiger partial charge in [-0.05, 0) is 37.8 Å². The molecule has 0 radical (unpaired) electrons. The molecule has 3 nitrogen and oxygen atoms in total. The second kappa shape index (κ2) is 4.86. The molecule has 2 rings (SSSR count). The van der Waals surface area contributed by atoms with Crippen LogP contribution in [0.4, 0.5) is 4.39 Å². The van der Waals surface area contributed by atoms with Crippen molar-refractivity contribution < 1.29 is 14.3 Å². The molecule has 98 valence electrons. The number of amides is 1. The number of carbonyl (C=O) groups is 1. The van der Waals surface area contributed by atoms with Gasteiger partial charge in [-0.3, -0.25) is 4.79 Å². The molecule has 1 aromatic carbocycles. The van der Waals surface area contributed by atoms with Crippen LogP contribution >= 0.6 is 11.6 Å². The zero-order valence-corrected chi connectivity index (χ0v) is 10.8. The number of nitrogens with one attached hydrogen (secondary N) is 1. The van der Waals surface area contributed by atoms with Crippen LogP contribution in [-0.4, -0.2) is 23.2 Å². The Bertz CT molecular complexity index is 452. The lowest BCUT2D eigenvalue weighted by atomic mass is 10.0. The highest BCUT2D eigenvalue weighted by Crippen LogP contribution is 2.39. The summed E-state index contributed by atoms with van der Waals surface area (Å²) in [5, 5.41) is 12.6. The van der Waals surface area contributed by atoms with Gasteiger partial charge in [-0.1, -0.05) is 17.7 Å². The Labute approximate surface area is 110 Å². The van der Waals surface area contributed by atoms with Crippen LogP contribution in [0.2, 0.25) is 5.02 Å². The van der Waals surface area contributed by atoms with Crippen molar-refractivity contribution in [1.29, 1.82) is 0 Å².